The molecule has 0 radical (unpaired) electrons. The maximum atomic E-state index is 12.4. The summed E-state index contributed by atoms with van der Waals surface area (Å²) >= 11 is 9.66. The molecule has 120 valence electrons. The molecule has 0 bridgehead atoms. The van der Waals surface area contributed by atoms with Crippen molar-refractivity contribution >= 4 is 44.9 Å². The molecule has 0 spiro atoms. The quantitative estimate of drug-likeness (QED) is 0.816. The minimum atomic E-state index is -0.107. The Bertz CT molecular complexity index is 702. The Morgan fingerprint density at radius 2 is 1.65 bits per heavy atom. The van der Waals surface area contributed by atoms with E-state index in [4.69, 9.17) is 11.6 Å². The van der Waals surface area contributed by atoms with Crippen molar-refractivity contribution in [2.75, 3.05) is 36.4 Å². The van der Waals surface area contributed by atoms with Gasteiger partial charge in [-0.25, -0.2) is 4.79 Å². The summed E-state index contributed by atoms with van der Waals surface area (Å²) in [7, 11) is 0. The fraction of sp³-hybridized carbons (Fsp3) is 0.235. The number of halogens is 2. The van der Waals surface area contributed by atoms with Crippen molar-refractivity contribution in [3.05, 3.63) is 58.0 Å². The molecule has 23 heavy (non-hydrogen) atoms. The van der Waals surface area contributed by atoms with Gasteiger partial charge in [0.05, 0.1) is 16.4 Å². The lowest BCUT2D eigenvalue weighted by Crippen LogP contribution is -2.50. The first kappa shape index (κ1) is 16.1. The van der Waals surface area contributed by atoms with E-state index >= 15 is 0 Å². The van der Waals surface area contributed by atoms with E-state index in [0.717, 1.165) is 17.6 Å². The first-order chi connectivity index (χ1) is 11.1. The van der Waals surface area contributed by atoms with Crippen LogP contribution in [0, 0.1) is 0 Å². The van der Waals surface area contributed by atoms with Crippen molar-refractivity contribution in [3.8, 4) is 0 Å². The second kappa shape index (κ2) is 7.23. The fourth-order valence-electron chi connectivity index (χ4n) is 2.62. The Morgan fingerprint density at radius 3 is 2.35 bits per heavy atom. The minimum Gasteiger partial charge on any atom is -0.367 e. The Kier molecular flexibility index (Phi) is 5.08. The summed E-state index contributed by atoms with van der Waals surface area (Å²) in [6, 6.07) is 15.3. The zero-order chi connectivity index (χ0) is 16.2. The van der Waals surface area contributed by atoms with E-state index in [2.05, 4.69) is 32.2 Å². The zero-order valence-electron chi connectivity index (χ0n) is 12.5. The molecule has 2 aromatic carbocycles. The van der Waals surface area contributed by atoms with E-state index < -0.39 is 0 Å². The zero-order valence-corrected chi connectivity index (χ0v) is 14.8. The van der Waals surface area contributed by atoms with Crippen molar-refractivity contribution < 1.29 is 4.79 Å². The van der Waals surface area contributed by atoms with Gasteiger partial charge in [0, 0.05) is 30.7 Å². The van der Waals surface area contributed by atoms with Crippen LogP contribution >= 0.6 is 27.5 Å². The normalized spacial score (nSPS) is 14.7. The number of amides is 2. The monoisotopic (exact) mass is 393 g/mol. The second-order valence-corrected chi connectivity index (χ2v) is 6.60. The predicted octanol–water partition coefficient (Wildman–Crippen LogP) is 4.46. The Balaban J connectivity index is 1.60. The van der Waals surface area contributed by atoms with E-state index in [-0.39, 0.29) is 6.03 Å². The van der Waals surface area contributed by atoms with Gasteiger partial charge in [-0.15, -0.1) is 0 Å². The van der Waals surface area contributed by atoms with E-state index in [0.29, 0.717) is 23.8 Å². The van der Waals surface area contributed by atoms with E-state index in [1.54, 1.807) is 12.1 Å². The number of hydrogen-bond acceptors (Lipinski definition) is 2. The Hall–Kier alpha value is -1.72. The molecule has 0 aromatic heterocycles. The Labute approximate surface area is 149 Å². The molecule has 1 aliphatic rings. The van der Waals surface area contributed by atoms with Gasteiger partial charge >= 0.3 is 6.03 Å². The highest BCUT2D eigenvalue weighted by atomic mass is 79.9. The van der Waals surface area contributed by atoms with Gasteiger partial charge in [0.15, 0.2) is 0 Å². The second-order valence-electron chi connectivity index (χ2n) is 5.34. The summed E-state index contributed by atoms with van der Waals surface area (Å²) in [6.45, 7) is 2.96. The smallest absolute Gasteiger partial charge is 0.322 e. The molecule has 2 amide bonds. The maximum absolute atomic E-state index is 12.4. The van der Waals surface area contributed by atoms with Gasteiger partial charge in [0.25, 0.3) is 0 Å². The molecule has 0 saturated carbocycles. The number of nitrogens with one attached hydrogen (secondary N) is 1. The standard InChI is InChI=1S/C17H17BrClN3O/c18-13-5-1-4-8-16(13)21-9-11-22(12-10-21)17(23)20-15-7-3-2-6-14(15)19/h1-8H,9-12H2,(H,20,23). The summed E-state index contributed by atoms with van der Waals surface area (Å²) in [6.07, 6.45) is 0. The molecule has 1 saturated heterocycles. The van der Waals surface area contributed by atoms with Crippen molar-refractivity contribution in [3.63, 3.8) is 0 Å². The minimum absolute atomic E-state index is 0.107. The van der Waals surface area contributed by atoms with E-state index in [1.165, 1.54) is 5.69 Å². The number of piperazine rings is 1. The van der Waals surface area contributed by atoms with Crippen molar-refractivity contribution in [2.24, 2.45) is 0 Å². The number of carbonyl (C=O) groups excluding carboxylic acids is 1. The van der Waals surface area contributed by atoms with Gasteiger partial charge in [-0.05, 0) is 40.2 Å². The van der Waals surface area contributed by atoms with Gasteiger partial charge in [0.1, 0.15) is 0 Å². The van der Waals surface area contributed by atoms with Crippen LogP contribution in [0.5, 0.6) is 0 Å². The van der Waals surface area contributed by atoms with Crippen LogP contribution in [0.15, 0.2) is 53.0 Å². The van der Waals surface area contributed by atoms with Gasteiger partial charge in [0.2, 0.25) is 0 Å². The topological polar surface area (TPSA) is 35.6 Å². The summed E-state index contributed by atoms with van der Waals surface area (Å²) < 4.78 is 1.08. The van der Waals surface area contributed by atoms with Gasteiger partial charge < -0.3 is 15.1 Å². The van der Waals surface area contributed by atoms with Crippen molar-refractivity contribution in [1.29, 1.82) is 0 Å². The third kappa shape index (κ3) is 3.79. The first-order valence-corrected chi connectivity index (χ1v) is 8.62. The SMILES string of the molecule is O=C(Nc1ccccc1Cl)N1CCN(c2ccccc2Br)CC1. The van der Waals surface area contributed by atoms with Crippen LogP contribution < -0.4 is 10.2 Å². The number of anilines is 2. The third-order valence-corrected chi connectivity index (χ3v) is 4.88. The highest BCUT2D eigenvalue weighted by Crippen LogP contribution is 2.27. The van der Waals surface area contributed by atoms with Gasteiger partial charge in [-0.3, -0.25) is 0 Å². The summed E-state index contributed by atoms with van der Waals surface area (Å²) in [5.41, 5.74) is 1.81. The van der Waals surface area contributed by atoms with Crippen LogP contribution in [0.3, 0.4) is 0 Å². The lowest BCUT2D eigenvalue weighted by atomic mass is 10.2. The third-order valence-electron chi connectivity index (χ3n) is 3.88. The fourth-order valence-corrected chi connectivity index (χ4v) is 3.33. The maximum Gasteiger partial charge on any atom is 0.322 e. The lowest BCUT2D eigenvalue weighted by molar-refractivity contribution is 0.208. The number of carbonyl (C=O) groups is 1. The lowest BCUT2D eigenvalue weighted by Gasteiger charge is -2.36. The molecule has 4 nitrogen and oxygen atoms in total. The number of benzene rings is 2. The van der Waals surface area contributed by atoms with Crippen LogP contribution in [0.2, 0.25) is 5.02 Å². The van der Waals surface area contributed by atoms with Gasteiger partial charge in [-0.1, -0.05) is 35.9 Å². The average Bonchev–Trinajstić information content (AvgIpc) is 2.57. The summed E-state index contributed by atoms with van der Waals surface area (Å²) in [5.74, 6) is 0. The number of urea groups is 1. The highest BCUT2D eigenvalue weighted by molar-refractivity contribution is 9.10. The molecular weight excluding hydrogens is 378 g/mol. The average molecular weight is 395 g/mol. The molecule has 3 rings (SSSR count). The summed E-state index contributed by atoms with van der Waals surface area (Å²) in [4.78, 5) is 16.5. The molecule has 6 heteroatoms. The Morgan fingerprint density at radius 1 is 1.00 bits per heavy atom. The van der Waals surface area contributed by atoms with Crippen LogP contribution in [-0.2, 0) is 0 Å². The molecule has 2 aromatic rings. The number of hydrogen-bond donors (Lipinski definition) is 1. The molecule has 1 fully saturated rings. The molecule has 0 unspecified atom stereocenters. The van der Waals surface area contributed by atoms with Crippen LogP contribution in [-0.4, -0.2) is 37.1 Å². The highest BCUT2D eigenvalue weighted by Gasteiger charge is 2.22. The molecule has 0 aliphatic carbocycles. The predicted molar refractivity (Wildman–Crippen MR) is 98.4 cm³/mol. The van der Waals surface area contributed by atoms with E-state index in [1.807, 2.05) is 35.2 Å². The van der Waals surface area contributed by atoms with Crippen LogP contribution in [0.1, 0.15) is 0 Å². The molecule has 1 heterocycles. The van der Waals surface area contributed by atoms with E-state index in [9.17, 15) is 4.79 Å². The molecular formula is C17H17BrClN3O. The van der Waals surface area contributed by atoms with Crippen molar-refractivity contribution in [1.82, 2.24) is 4.90 Å². The molecule has 1 aliphatic heterocycles. The van der Waals surface area contributed by atoms with Crippen LogP contribution in [0.4, 0.5) is 16.2 Å². The number of nitrogens with zero attached hydrogens (tertiary/aromatic N) is 2. The number of rotatable bonds is 2. The summed E-state index contributed by atoms with van der Waals surface area (Å²) in [5, 5.41) is 3.42. The number of para-hydroxylation sites is 2. The molecule has 0 atom stereocenters. The van der Waals surface area contributed by atoms with Crippen LogP contribution in [0.25, 0.3) is 0 Å². The largest absolute Gasteiger partial charge is 0.367 e. The first-order valence-electron chi connectivity index (χ1n) is 7.45. The molecule has 1 N–H and O–H groups in total. The van der Waals surface area contributed by atoms with Crippen molar-refractivity contribution in [2.45, 2.75) is 0 Å². The van der Waals surface area contributed by atoms with Gasteiger partial charge in [-0.2, -0.15) is 0 Å².